The molecule has 0 aliphatic carbocycles. The highest BCUT2D eigenvalue weighted by Gasteiger charge is 2.21. The van der Waals surface area contributed by atoms with E-state index in [0.29, 0.717) is 0 Å². The van der Waals surface area contributed by atoms with E-state index in [-0.39, 0.29) is 5.82 Å². The molecule has 0 atom stereocenters. The zero-order chi connectivity index (χ0) is 11.7. The summed E-state index contributed by atoms with van der Waals surface area (Å²) in [7, 11) is 0. The number of hydrogen-bond donors (Lipinski definition) is 0. The molecule has 3 nitrogen and oxygen atoms in total. The third-order valence-electron chi connectivity index (χ3n) is 3.24. The minimum atomic E-state index is -0.204. The number of aromatic nitrogens is 3. The number of nitrogens with zero attached hydrogens (tertiary/aromatic N) is 3. The van der Waals surface area contributed by atoms with E-state index < -0.39 is 0 Å². The summed E-state index contributed by atoms with van der Waals surface area (Å²) in [4.78, 5) is 4.45. The van der Waals surface area contributed by atoms with Gasteiger partial charge in [-0.2, -0.15) is 0 Å². The molecule has 1 aromatic carbocycles. The molecule has 0 spiro atoms. The van der Waals surface area contributed by atoms with Crippen LogP contribution in [0.15, 0.2) is 30.6 Å². The van der Waals surface area contributed by atoms with Crippen LogP contribution in [0, 0.1) is 5.82 Å². The lowest BCUT2D eigenvalue weighted by atomic mass is 10.2. The van der Waals surface area contributed by atoms with E-state index in [2.05, 4.69) is 9.67 Å². The van der Waals surface area contributed by atoms with Crippen molar-refractivity contribution in [3.05, 3.63) is 42.2 Å². The summed E-state index contributed by atoms with van der Waals surface area (Å²) in [5, 5.41) is 0. The van der Waals surface area contributed by atoms with E-state index in [4.69, 9.17) is 0 Å². The minimum absolute atomic E-state index is 0.204. The van der Waals surface area contributed by atoms with Crippen LogP contribution in [0.5, 0.6) is 0 Å². The third kappa shape index (κ3) is 1.95. The Balaban J connectivity index is 2.03. The van der Waals surface area contributed by atoms with Crippen LogP contribution >= 0.6 is 0 Å². The van der Waals surface area contributed by atoms with E-state index >= 15 is 0 Å². The van der Waals surface area contributed by atoms with Crippen molar-refractivity contribution < 1.29 is 9.07 Å². The van der Waals surface area contributed by atoms with Gasteiger partial charge in [-0.1, -0.05) is 0 Å². The zero-order valence-electron chi connectivity index (χ0n) is 9.64. The molecule has 0 fully saturated rings. The van der Waals surface area contributed by atoms with Crippen LogP contribution in [0.4, 0.5) is 4.39 Å². The Labute approximate surface area is 99.5 Å². The minimum Gasteiger partial charge on any atom is -0.207 e. The molecular formula is C13H15FN3+. The molecule has 0 saturated carbocycles. The fraction of sp³-hybridized carbons (Fsp3) is 0.385. The summed E-state index contributed by atoms with van der Waals surface area (Å²) in [5.41, 5.74) is 0.965. The second-order valence-electron chi connectivity index (χ2n) is 4.42. The molecule has 0 unspecified atom stereocenters. The predicted molar refractivity (Wildman–Crippen MR) is 61.3 cm³/mol. The topological polar surface area (TPSA) is 21.7 Å². The van der Waals surface area contributed by atoms with Crippen molar-refractivity contribution >= 4 is 0 Å². The molecule has 0 bridgehead atoms. The molecule has 4 heteroatoms. The first-order valence-electron chi connectivity index (χ1n) is 6.07. The Morgan fingerprint density at radius 2 is 1.94 bits per heavy atom. The highest BCUT2D eigenvalue weighted by atomic mass is 19.1. The first-order chi connectivity index (χ1) is 8.34. The normalized spacial score (nSPS) is 15.4. The lowest BCUT2D eigenvalue weighted by Gasteiger charge is -2.04. The van der Waals surface area contributed by atoms with Gasteiger partial charge in [-0.25, -0.2) is 4.39 Å². The standard InChI is InChI=1S/C13H15FN3/c14-11-5-7-12(8-6-11)17-10-15-13-4-2-1-3-9-16(13)17/h5-8,10H,1-4,9H2/q+1. The van der Waals surface area contributed by atoms with Gasteiger partial charge in [0.2, 0.25) is 6.33 Å². The Hall–Kier alpha value is -1.71. The predicted octanol–water partition coefficient (Wildman–Crippen LogP) is 2.03. The third-order valence-corrected chi connectivity index (χ3v) is 3.24. The number of halogens is 1. The van der Waals surface area contributed by atoms with Crippen molar-refractivity contribution in [2.75, 3.05) is 0 Å². The highest BCUT2D eigenvalue weighted by molar-refractivity contribution is 5.29. The van der Waals surface area contributed by atoms with E-state index in [1.165, 1.54) is 31.4 Å². The largest absolute Gasteiger partial charge is 0.319 e. The molecular weight excluding hydrogens is 217 g/mol. The van der Waals surface area contributed by atoms with E-state index in [1.54, 1.807) is 12.1 Å². The fourth-order valence-electron chi connectivity index (χ4n) is 2.33. The van der Waals surface area contributed by atoms with Gasteiger partial charge in [-0.15, -0.1) is 9.36 Å². The van der Waals surface area contributed by atoms with E-state index in [0.717, 1.165) is 24.5 Å². The second-order valence-corrected chi connectivity index (χ2v) is 4.42. The van der Waals surface area contributed by atoms with Gasteiger partial charge in [0.1, 0.15) is 12.4 Å². The molecule has 0 N–H and O–H groups in total. The van der Waals surface area contributed by atoms with Crippen LogP contribution in [0.3, 0.4) is 0 Å². The molecule has 0 amide bonds. The van der Waals surface area contributed by atoms with Gasteiger partial charge in [-0.3, -0.25) is 0 Å². The van der Waals surface area contributed by atoms with Gasteiger partial charge < -0.3 is 0 Å². The second kappa shape index (κ2) is 4.28. The zero-order valence-corrected chi connectivity index (χ0v) is 9.64. The monoisotopic (exact) mass is 232 g/mol. The van der Waals surface area contributed by atoms with Crippen LogP contribution in [0.25, 0.3) is 5.69 Å². The van der Waals surface area contributed by atoms with Crippen molar-refractivity contribution in [1.82, 2.24) is 9.67 Å². The van der Waals surface area contributed by atoms with Crippen LogP contribution in [-0.2, 0) is 13.0 Å². The molecule has 88 valence electrons. The Bertz CT molecular complexity index is 516. The molecule has 1 aliphatic rings. The average Bonchev–Trinajstić information content (AvgIpc) is 2.60. The van der Waals surface area contributed by atoms with Gasteiger partial charge in [-0.05, 0) is 48.5 Å². The number of fused-ring (bicyclic) bond motifs is 1. The molecule has 17 heavy (non-hydrogen) atoms. The Kier molecular flexibility index (Phi) is 2.63. The van der Waals surface area contributed by atoms with Gasteiger partial charge in [0.05, 0.1) is 12.1 Å². The number of benzene rings is 1. The van der Waals surface area contributed by atoms with E-state index in [1.807, 2.05) is 11.0 Å². The highest BCUT2D eigenvalue weighted by Crippen LogP contribution is 2.10. The number of rotatable bonds is 1. The molecule has 0 saturated heterocycles. The van der Waals surface area contributed by atoms with Crippen LogP contribution in [0.1, 0.15) is 25.1 Å². The molecule has 1 aromatic heterocycles. The molecule has 2 aromatic rings. The maximum Gasteiger partial charge on any atom is 0.319 e. The number of hydrogen-bond acceptors (Lipinski definition) is 1. The van der Waals surface area contributed by atoms with Crippen molar-refractivity contribution in [2.45, 2.75) is 32.2 Å². The van der Waals surface area contributed by atoms with Crippen molar-refractivity contribution in [2.24, 2.45) is 0 Å². The Morgan fingerprint density at radius 3 is 2.76 bits per heavy atom. The lowest BCUT2D eigenvalue weighted by Crippen LogP contribution is -2.44. The first kappa shape index (κ1) is 10.4. The van der Waals surface area contributed by atoms with Gasteiger partial charge in [0.15, 0.2) is 0 Å². The fourth-order valence-corrected chi connectivity index (χ4v) is 2.33. The van der Waals surface area contributed by atoms with Crippen molar-refractivity contribution in [3.8, 4) is 5.69 Å². The summed E-state index contributed by atoms with van der Waals surface area (Å²) in [5.74, 6) is 0.928. The molecule has 1 aliphatic heterocycles. The molecule has 2 heterocycles. The molecule has 3 rings (SSSR count). The first-order valence-corrected chi connectivity index (χ1v) is 6.07. The van der Waals surface area contributed by atoms with Crippen molar-refractivity contribution in [3.63, 3.8) is 0 Å². The summed E-state index contributed by atoms with van der Waals surface area (Å²) in [6, 6.07) is 6.54. The van der Waals surface area contributed by atoms with E-state index in [9.17, 15) is 4.39 Å². The number of aryl methyl sites for hydroxylation is 1. The van der Waals surface area contributed by atoms with Gasteiger partial charge in [0.25, 0.3) is 0 Å². The van der Waals surface area contributed by atoms with Gasteiger partial charge >= 0.3 is 5.82 Å². The van der Waals surface area contributed by atoms with Crippen LogP contribution in [-0.4, -0.2) is 9.67 Å². The lowest BCUT2D eigenvalue weighted by molar-refractivity contribution is -0.773. The van der Waals surface area contributed by atoms with Crippen LogP contribution in [0.2, 0.25) is 0 Å². The maximum absolute atomic E-state index is 12.9. The van der Waals surface area contributed by atoms with Crippen molar-refractivity contribution in [1.29, 1.82) is 0 Å². The summed E-state index contributed by atoms with van der Waals surface area (Å²) >= 11 is 0. The SMILES string of the molecule is Fc1ccc(-n2cnc3[n+]2CCCCC3)cc1. The maximum atomic E-state index is 12.9. The summed E-state index contributed by atoms with van der Waals surface area (Å²) in [6.07, 6.45) is 6.51. The Morgan fingerprint density at radius 1 is 1.12 bits per heavy atom. The summed E-state index contributed by atoms with van der Waals surface area (Å²) < 4.78 is 17.1. The smallest absolute Gasteiger partial charge is 0.207 e. The quantitative estimate of drug-likeness (QED) is 0.689. The average molecular weight is 232 g/mol. The van der Waals surface area contributed by atoms with Gasteiger partial charge in [0, 0.05) is 0 Å². The van der Waals surface area contributed by atoms with Crippen LogP contribution < -0.4 is 4.68 Å². The summed E-state index contributed by atoms with van der Waals surface area (Å²) in [6.45, 7) is 0.993. The molecule has 0 radical (unpaired) electrons.